The molecule has 0 bridgehead atoms. The quantitative estimate of drug-likeness (QED) is 0.441. The molecule has 3 fully saturated rings. The number of amides is 3. The zero-order valence-electron chi connectivity index (χ0n) is 21.6. The van der Waals surface area contributed by atoms with E-state index in [1.54, 1.807) is 23.7 Å². The summed E-state index contributed by atoms with van der Waals surface area (Å²) in [6, 6.07) is -0.0559. The van der Waals surface area contributed by atoms with Crippen molar-refractivity contribution in [3.05, 3.63) is 41.1 Å². The van der Waals surface area contributed by atoms with Gasteiger partial charge in [0, 0.05) is 12.7 Å². The minimum atomic E-state index is -3.07. The SMILES string of the molecule is COC[C@H](c1cnn2cc(C(NC(=O)c3nonc3C)C3C[C@H]4CC[C@H]4C3)nc2c1)N1CC(F)(F)CNC1=O. The Morgan fingerprint density at radius 2 is 2.08 bits per heavy atom. The number of carbonyl (C=O) groups excluding carboxylic acids is 2. The molecule has 6 rings (SSSR count). The molecule has 39 heavy (non-hydrogen) atoms. The Morgan fingerprint density at radius 3 is 2.74 bits per heavy atom. The lowest BCUT2D eigenvalue weighted by molar-refractivity contribution is -0.0509. The fourth-order valence-corrected chi connectivity index (χ4v) is 6.19. The first-order valence-electron chi connectivity index (χ1n) is 13.1. The molecule has 3 aromatic rings. The highest BCUT2D eigenvalue weighted by Crippen LogP contribution is 2.52. The summed E-state index contributed by atoms with van der Waals surface area (Å²) < 4.78 is 39.9. The van der Waals surface area contributed by atoms with Crippen LogP contribution in [0.2, 0.25) is 0 Å². The third kappa shape index (κ3) is 4.81. The van der Waals surface area contributed by atoms with Crippen molar-refractivity contribution in [3.63, 3.8) is 0 Å². The Kier molecular flexibility index (Phi) is 6.44. The third-order valence-electron chi connectivity index (χ3n) is 8.34. The molecule has 3 amide bonds. The molecule has 3 aromatic heterocycles. The second-order valence-electron chi connectivity index (χ2n) is 10.8. The maximum Gasteiger partial charge on any atom is 0.318 e. The second-order valence-corrected chi connectivity index (χ2v) is 10.8. The monoisotopic (exact) mass is 544 g/mol. The van der Waals surface area contributed by atoms with Crippen LogP contribution in [0.25, 0.3) is 5.65 Å². The Morgan fingerprint density at radius 1 is 1.31 bits per heavy atom. The molecule has 208 valence electrons. The molecular weight excluding hydrogens is 514 g/mol. The fourth-order valence-electron chi connectivity index (χ4n) is 6.19. The van der Waals surface area contributed by atoms with E-state index in [9.17, 15) is 18.4 Å². The number of nitrogens with zero attached hydrogens (tertiary/aromatic N) is 6. The number of urea groups is 1. The Bertz CT molecular complexity index is 1380. The molecule has 14 heteroatoms. The van der Waals surface area contributed by atoms with Gasteiger partial charge >= 0.3 is 6.03 Å². The van der Waals surface area contributed by atoms with Crippen LogP contribution in [0, 0.1) is 24.7 Å². The number of carbonyl (C=O) groups is 2. The average Bonchev–Trinajstić information content (AvgIpc) is 3.59. The van der Waals surface area contributed by atoms with Gasteiger partial charge in [-0.3, -0.25) is 4.79 Å². The van der Waals surface area contributed by atoms with Crippen molar-refractivity contribution in [3.8, 4) is 0 Å². The van der Waals surface area contributed by atoms with E-state index in [-0.39, 0.29) is 30.2 Å². The van der Waals surface area contributed by atoms with Crippen LogP contribution in [0.5, 0.6) is 0 Å². The molecular formula is C25H30F2N8O4. The predicted octanol–water partition coefficient (Wildman–Crippen LogP) is 2.68. The van der Waals surface area contributed by atoms with Crippen LogP contribution in [0.1, 0.15) is 65.2 Å². The van der Waals surface area contributed by atoms with Gasteiger partial charge in [-0.05, 0) is 61.6 Å². The summed E-state index contributed by atoms with van der Waals surface area (Å²) in [5.41, 5.74) is 2.14. The number of alkyl halides is 2. The number of methoxy groups -OCH3 is 1. The molecule has 0 radical (unpaired) electrons. The van der Waals surface area contributed by atoms with Gasteiger partial charge in [0.25, 0.3) is 11.8 Å². The first-order chi connectivity index (χ1) is 18.7. The smallest absolute Gasteiger partial charge is 0.318 e. The molecule has 1 saturated heterocycles. The van der Waals surface area contributed by atoms with Gasteiger partial charge in [0.1, 0.15) is 5.69 Å². The lowest BCUT2D eigenvalue weighted by Gasteiger charge is -2.38. The molecule has 2 aliphatic carbocycles. The van der Waals surface area contributed by atoms with Gasteiger partial charge < -0.3 is 20.3 Å². The van der Waals surface area contributed by atoms with Crippen LogP contribution in [-0.4, -0.2) is 74.5 Å². The number of fused-ring (bicyclic) bond motifs is 2. The van der Waals surface area contributed by atoms with Crippen molar-refractivity contribution in [2.24, 2.45) is 17.8 Å². The van der Waals surface area contributed by atoms with Crippen LogP contribution in [-0.2, 0) is 4.74 Å². The molecule has 12 nitrogen and oxygen atoms in total. The molecule has 2 unspecified atom stereocenters. The van der Waals surface area contributed by atoms with Gasteiger partial charge in [-0.25, -0.2) is 27.7 Å². The van der Waals surface area contributed by atoms with E-state index in [0.717, 1.165) is 17.7 Å². The normalized spacial score (nSPS) is 25.6. The van der Waals surface area contributed by atoms with E-state index in [1.165, 1.54) is 26.1 Å². The molecule has 0 spiro atoms. The minimum Gasteiger partial charge on any atom is -0.382 e. The molecule has 2 saturated carbocycles. The number of rotatable bonds is 8. The van der Waals surface area contributed by atoms with Crippen LogP contribution in [0.4, 0.5) is 13.6 Å². The Labute approximate surface area is 222 Å². The van der Waals surface area contributed by atoms with E-state index in [1.807, 2.05) is 0 Å². The predicted molar refractivity (Wildman–Crippen MR) is 131 cm³/mol. The maximum atomic E-state index is 14.1. The van der Waals surface area contributed by atoms with Crippen molar-refractivity contribution in [2.75, 3.05) is 26.8 Å². The van der Waals surface area contributed by atoms with Gasteiger partial charge in [0.15, 0.2) is 11.3 Å². The van der Waals surface area contributed by atoms with Crippen molar-refractivity contribution in [1.29, 1.82) is 0 Å². The highest BCUT2D eigenvalue weighted by molar-refractivity contribution is 5.93. The zero-order chi connectivity index (χ0) is 27.3. The third-order valence-corrected chi connectivity index (χ3v) is 8.34. The Balaban J connectivity index is 1.31. The van der Waals surface area contributed by atoms with Crippen molar-refractivity contribution < 1.29 is 27.7 Å². The van der Waals surface area contributed by atoms with Crippen molar-refractivity contribution >= 4 is 17.6 Å². The first-order valence-corrected chi connectivity index (χ1v) is 13.1. The first kappa shape index (κ1) is 25.6. The van der Waals surface area contributed by atoms with Crippen LogP contribution < -0.4 is 10.6 Å². The van der Waals surface area contributed by atoms with E-state index < -0.39 is 31.1 Å². The standard InChI is InChI=1S/C25H30F2N8O4/c1-13-21(33-39-32-13)23(36)31-22(16-5-14-3-4-15(14)6-16)18-9-35-20(30-18)7-17(8-29-35)19(10-38-2)34-12-25(26,27)11-28-24(34)37/h7-9,14-16,19,22H,3-6,10-12H2,1-2H3,(H,28,37)(H,31,36)/t14-,15+,16?,19-,22?/m1/s1. The maximum absolute atomic E-state index is 14.1. The summed E-state index contributed by atoms with van der Waals surface area (Å²) >= 11 is 0. The zero-order valence-corrected chi connectivity index (χ0v) is 21.6. The summed E-state index contributed by atoms with van der Waals surface area (Å²) in [7, 11) is 1.45. The summed E-state index contributed by atoms with van der Waals surface area (Å²) in [5.74, 6) is -1.94. The van der Waals surface area contributed by atoms with E-state index >= 15 is 0 Å². The van der Waals surface area contributed by atoms with Gasteiger partial charge in [-0.2, -0.15) is 5.10 Å². The molecule has 1 aliphatic heterocycles. The van der Waals surface area contributed by atoms with Gasteiger partial charge in [0.2, 0.25) is 0 Å². The summed E-state index contributed by atoms with van der Waals surface area (Å²) in [6.07, 6.45) is 7.68. The highest BCUT2D eigenvalue weighted by Gasteiger charge is 2.45. The Hall–Kier alpha value is -3.68. The lowest BCUT2D eigenvalue weighted by Crippen LogP contribution is -2.58. The van der Waals surface area contributed by atoms with Crippen molar-refractivity contribution in [1.82, 2.24) is 40.4 Å². The molecule has 0 aromatic carbocycles. The van der Waals surface area contributed by atoms with Gasteiger partial charge in [0.05, 0.1) is 49.9 Å². The summed E-state index contributed by atoms with van der Waals surface area (Å²) in [6.45, 7) is 0.222. The summed E-state index contributed by atoms with van der Waals surface area (Å²) in [5, 5.41) is 17.3. The second kappa shape index (κ2) is 9.81. The van der Waals surface area contributed by atoms with E-state index in [0.29, 0.717) is 34.4 Å². The minimum absolute atomic E-state index is 0.00351. The van der Waals surface area contributed by atoms with Gasteiger partial charge in [-0.1, -0.05) is 5.16 Å². The van der Waals surface area contributed by atoms with Crippen molar-refractivity contribution in [2.45, 2.75) is 50.6 Å². The highest BCUT2D eigenvalue weighted by atomic mass is 19.3. The molecule has 5 atom stereocenters. The average molecular weight is 545 g/mol. The molecule has 2 N–H and O–H groups in total. The number of nitrogens with one attached hydrogen (secondary N) is 2. The van der Waals surface area contributed by atoms with Crippen LogP contribution in [0.15, 0.2) is 23.1 Å². The number of aryl methyl sites for hydroxylation is 1. The number of imidazole rings is 1. The number of halogens is 2. The fraction of sp³-hybridized carbons (Fsp3) is 0.600. The number of ether oxygens (including phenoxy) is 1. The van der Waals surface area contributed by atoms with Crippen LogP contribution >= 0.6 is 0 Å². The largest absolute Gasteiger partial charge is 0.382 e. The van der Waals surface area contributed by atoms with E-state index in [2.05, 4.69) is 26.0 Å². The summed E-state index contributed by atoms with van der Waals surface area (Å²) in [4.78, 5) is 31.4. The topological polar surface area (TPSA) is 140 Å². The number of aromatic nitrogens is 5. The lowest BCUT2D eigenvalue weighted by atomic mass is 9.77. The van der Waals surface area contributed by atoms with Crippen LogP contribution in [0.3, 0.4) is 0 Å². The number of hydrogen-bond acceptors (Lipinski definition) is 8. The molecule has 4 heterocycles. The van der Waals surface area contributed by atoms with Gasteiger partial charge in [-0.15, -0.1) is 0 Å². The van der Waals surface area contributed by atoms with E-state index in [4.69, 9.17) is 14.3 Å². The molecule has 3 aliphatic rings. The number of hydrogen-bond donors (Lipinski definition) is 2.